The van der Waals surface area contributed by atoms with Gasteiger partial charge in [0, 0.05) is 41.9 Å². The average molecular weight is 389 g/mol. The van der Waals surface area contributed by atoms with Gasteiger partial charge in [-0.15, -0.1) is 0 Å². The van der Waals surface area contributed by atoms with Crippen LogP contribution in [0.3, 0.4) is 0 Å². The molecule has 3 rings (SSSR count). The van der Waals surface area contributed by atoms with Crippen LogP contribution in [0.1, 0.15) is 20.8 Å². The van der Waals surface area contributed by atoms with Gasteiger partial charge in [-0.1, -0.05) is 24.3 Å². The first-order chi connectivity index (χ1) is 12.9. The predicted octanol–water partition coefficient (Wildman–Crippen LogP) is 4.61. The van der Waals surface area contributed by atoms with Gasteiger partial charge in [-0.2, -0.15) is 11.8 Å². The highest BCUT2D eigenvalue weighted by Crippen LogP contribution is 2.32. The van der Waals surface area contributed by atoms with Crippen molar-refractivity contribution in [3.63, 3.8) is 0 Å². The number of amides is 1. The second kappa shape index (κ2) is 8.85. The lowest BCUT2D eigenvalue weighted by Crippen LogP contribution is -2.35. The quantitative estimate of drug-likeness (QED) is 0.810. The second-order valence-corrected chi connectivity index (χ2v) is 8.81. The van der Waals surface area contributed by atoms with E-state index in [9.17, 15) is 4.79 Å². The van der Waals surface area contributed by atoms with Crippen molar-refractivity contribution < 1.29 is 14.3 Å². The van der Waals surface area contributed by atoms with Gasteiger partial charge in [0.25, 0.3) is 0 Å². The molecule has 1 amide bonds. The zero-order chi connectivity index (χ0) is 19.3. The van der Waals surface area contributed by atoms with Gasteiger partial charge >= 0.3 is 6.09 Å². The van der Waals surface area contributed by atoms with E-state index in [1.165, 1.54) is 11.5 Å². The van der Waals surface area contributed by atoms with Crippen LogP contribution >= 0.6 is 11.8 Å². The van der Waals surface area contributed by atoms with E-state index in [1.807, 2.05) is 68.9 Å². The zero-order valence-electron chi connectivity index (χ0n) is 16.3. The van der Waals surface area contributed by atoms with E-state index in [0.29, 0.717) is 6.61 Å². The summed E-state index contributed by atoms with van der Waals surface area (Å²) in [5, 5.41) is 4.78. The smallest absolute Gasteiger partial charge is 0.412 e. The summed E-state index contributed by atoms with van der Waals surface area (Å²) in [4.78, 5) is 14.6. The highest BCUT2D eigenvalue weighted by atomic mass is 32.2. The van der Waals surface area contributed by atoms with Gasteiger partial charge in [-0.25, -0.2) is 4.79 Å². The topological polar surface area (TPSA) is 50.8 Å². The Balaban J connectivity index is 1.69. The Morgan fingerprint density at radius 3 is 2.52 bits per heavy atom. The van der Waals surface area contributed by atoms with Crippen molar-refractivity contribution in [3.8, 4) is 5.75 Å². The molecule has 0 atom stereocenters. The van der Waals surface area contributed by atoms with Crippen LogP contribution in [0.15, 0.2) is 36.4 Å². The van der Waals surface area contributed by atoms with Crippen molar-refractivity contribution in [2.24, 2.45) is 0 Å². The van der Waals surface area contributed by atoms with Crippen LogP contribution in [0, 0.1) is 0 Å². The highest BCUT2D eigenvalue weighted by Gasteiger charge is 2.17. The number of anilines is 1. The molecule has 0 unspecified atom stereocenters. The van der Waals surface area contributed by atoms with Gasteiger partial charge in [0.15, 0.2) is 0 Å². The fourth-order valence-corrected chi connectivity index (χ4v) is 4.01. The number of benzene rings is 2. The Bertz CT molecular complexity index is 783. The maximum absolute atomic E-state index is 12.1. The van der Waals surface area contributed by atoms with Crippen molar-refractivity contribution in [2.75, 3.05) is 43.1 Å². The predicted molar refractivity (Wildman–Crippen MR) is 113 cm³/mol. The van der Waals surface area contributed by atoms with Gasteiger partial charge < -0.3 is 9.47 Å². The number of nitrogens with zero attached hydrogens (tertiary/aromatic N) is 1. The van der Waals surface area contributed by atoms with Crippen molar-refractivity contribution in [2.45, 2.75) is 26.4 Å². The summed E-state index contributed by atoms with van der Waals surface area (Å²) in [6, 6.07) is 11.7. The molecule has 27 heavy (non-hydrogen) atoms. The summed E-state index contributed by atoms with van der Waals surface area (Å²) in [5.74, 6) is 3.24. The summed E-state index contributed by atoms with van der Waals surface area (Å²) >= 11 is 2.01. The Morgan fingerprint density at radius 1 is 1.11 bits per heavy atom. The van der Waals surface area contributed by atoms with E-state index >= 15 is 0 Å². The summed E-state index contributed by atoms with van der Waals surface area (Å²) < 4.78 is 11.4. The number of thioether (sulfide) groups is 1. The molecule has 1 aliphatic heterocycles. The monoisotopic (exact) mass is 388 g/mol. The Morgan fingerprint density at radius 2 is 1.81 bits per heavy atom. The van der Waals surface area contributed by atoms with Crippen LogP contribution in [0.2, 0.25) is 0 Å². The number of carbonyl (C=O) groups is 1. The summed E-state index contributed by atoms with van der Waals surface area (Å²) in [5.41, 5.74) is 0.191. The standard InChI is InChI=1S/C21H28N2O3S/c1-21(2,3)26-20(24)22-18-8-9-19(17-7-5-4-6-16(17)18)25-13-10-23-11-14-27-15-12-23/h4-9H,10-15H2,1-3H3,(H,22,24). The molecule has 0 saturated carbocycles. The average Bonchev–Trinajstić information content (AvgIpc) is 2.63. The van der Waals surface area contributed by atoms with Crippen LogP contribution < -0.4 is 10.1 Å². The third-order valence-corrected chi connectivity index (χ3v) is 5.23. The fourth-order valence-electron chi connectivity index (χ4n) is 3.03. The Labute approximate surface area is 165 Å². The molecule has 6 heteroatoms. The normalized spacial score (nSPS) is 15.5. The molecule has 1 saturated heterocycles. The van der Waals surface area contributed by atoms with Crippen molar-refractivity contribution in [3.05, 3.63) is 36.4 Å². The minimum absolute atomic E-state index is 0.454. The number of carbonyl (C=O) groups excluding carboxylic acids is 1. The number of ether oxygens (including phenoxy) is 2. The lowest BCUT2D eigenvalue weighted by atomic mass is 10.1. The molecule has 0 spiro atoms. The largest absolute Gasteiger partial charge is 0.492 e. The molecule has 1 aliphatic rings. The van der Waals surface area contributed by atoms with E-state index in [4.69, 9.17) is 9.47 Å². The first kappa shape index (κ1) is 19.8. The zero-order valence-corrected chi connectivity index (χ0v) is 17.1. The molecule has 2 aromatic rings. The number of hydrogen-bond acceptors (Lipinski definition) is 5. The Hall–Kier alpha value is -1.92. The third-order valence-electron chi connectivity index (χ3n) is 4.29. The molecular weight excluding hydrogens is 360 g/mol. The molecular formula is C21H28N2O3S. The summed E-state index contributed by atoms with van der Waals surface area (Å²) in [6.45, 7) is 9.41. The molecule has 2 aromatic carbocycles. The van der Waals surface area contributed by atoms with Crippen LogP contribution in [0.4, 0.5) is 10.5 Å². The van der Waals surface area contributed by atoms with E-state index in [-0.39, 0.29) is 0 Å². The molecule has 1 fully saturated rings. The van der Waals surface area contributed by atoms with Gasteiger partial charge in [0.05, 0.1) is 5.69 Å². The van der Waals surface area contributed by atoms with Crippen LogP contribution in [0.25, 0.3) is 10.8 Å². The lowest BCUT2D eigenvalue weighted by molar-refractivity contribution is 0.0636. The van der Waals surface area contributed by atoms with Crippen molar-refractivity contribution in [1.29, 1.82) is 0 Å². The minimum atomic E-state index is -0.532. The van der Waals surface area contributed by atoms with E-state index in [0.717, 1.165) is 41.8 Å². The summed E-state index contributed by atoms with van der Waals surface area (Å²) in [6.07, 6.45) is -0.454. The van der Waals surface area contributed by atoms with Crippen molar-refractivity contribution >= 4 is 34.3 Å². The first-order valence-electron chi connectivity index (χ1n) is 9.37. The molecule has 146 valence electrons. The molecule has 0 bridgehead atoms. The molecule has 0 aliphatic carbocycles. The van der Waals surface area contributed by atoms with Gasteiger partial charge in [-0.05, 0) is 32.9 Å². The number of nitrogens with one attached hydrogen (secondary N) is 1. The molecule has 1 N–H and O–H groups in total. The van der Waals surface area contributed by atoms with E-state index in [2.05, 4.69) is 10.2 Å². The van der Waals surface area contributed by atoms with Gasteiger partial charge in [-0.3, -0.25) is 10.2 Å². The van der Waals surface area contributed by atoms with E-state index < -0.39 is 11.7 Å². The number of hydrogen-bond donors (Lipinski definition) is 1. The Kier molecular flexibility index (Phi) is 6.50. The molecule has 5 nitrogen and oxygen atoms in total. The minimum Gasteiger partial charge on any atom is -0.492 e. The third kappa shape index (κ3) is 5.78. The van der Waals surface area contributed by atoms with Gasteiger partial charge in [0.2, 0.25) is 0 Å². The second-order valence-electron chi connectivity index (χ2n) is 7.59. The summed E-state index contributed by atoms with van der Waals surface area (Å²) in [7, 11) is 0. The number of fused-ring (bicyclic) bond motifs is 1. The first-order valence-corrected chi connectivity index (χ1v) is 10.5. The van der Waals surface area contributed by atoms with Gasteiger partial charge in [0.1, 0.15) is 18.0 Å². The maximum Gasteiger partial charge on any atom is 0.412 e. The van der Waals surface area contributed by atoms with Crippen LogP contribution in [0.5, 0.6) is 5.75 Å². The SMILES string of the molecule is CC(C)(C)OC(=O)Nc1ccc(OCCN2CCSCC2)c2ccccc12. The van der Waals surface area contributed by atoms with Crippen LogP contribution in [-0.4, -0.2) is 54.3 Å². The molecule has 0 aromatic heterocycles. The maximum atomic E-state index is 12.1. The van der Waals surface area contributed by atoms with Crippen molar-refractivity contribution in [1.82, 2.24) is 4.90 Å². The lowest BCUT2D eigenvalue weighted by Gasteiger charge is -2.26. The van der Waals surface area contributed by atoms with E-state index in [1.54, 1.807) is 0 Å². The fraction of sp³-hybridized carbons (Fsp3) is 0.476. The molecule has 0 radical (unpaired) electrons. The van der Waals surface area contributed by atoms with Crippen LogP contribution in [-0.2, 0) is 4.74 Å². The molecule has 1 heterocycles. The highest BCUT2D eigenvalue weighted by molar-refractivity contribution is 7.99. The number of rotatable bonds is 5.